The molecule has 0 aliphatic carbocycles. The van der Waals surface area contributed by atoms with E-state index in [1.165, 1.54) is 0 Å². The van der Waals surface area contributed by atoms with Crippen LogP contribution in [0.15, 0.2) is 18.5 Å². The number of primary amides is 1. The molecule has 0 unspecified atom stereocenters. The summed E-state index contributed by atoms with van der Waals surface area (Å²) < 4.78 is 1.73. The minimum Gasteiger partial charge on any atom is -0.369 e. The first-order chi connectivity index (χ1) is 8.66. The molecule has 18 heavy (non-hydrogen) atoms. The molecule has 1 aromatic heterocycles. The third-order valence-electron chi connectivity index (χ3n) is 3.29. The molecule has 6 nitrogen and oxygen atoms in total. The first kappa shape index (κ1) is 12.6. The summed E-state index contributed by atoms with van der Waals surface area (Å²) in [5.74, 6) is -0.427. The van der Waals surface area contributed by atoms with Crippen LogP contribution in [0.25, 0.3) is 0 Å². The molecule has 98 valence electrons. The number of nitrogens with zero attached hydrogens (tertiary/aromatic N) is 3. The summed E-state index contributed by atoms with van der Waals surface area (Å²) in [5.41, 5.74) is 5.29. The van der Waals surface area contributed by atoms with Gasteiger partial charge >= 0.3 is 0 Å². The van der Waals surface area contributed by atoms with Gasteiger partial charge in [0.05, 0.1) is 5.92 Å². The smallest absolute Gasteiger partial charge is 0.224 e. The van der Waals surface area contributed by atoms with Crippen LogP contribution < -0.4 is 5.73 Å². The lowest BCUT2D eigenvalue weighted by Crippen LogP contribution is -2.44. The maximum atomic E-state index is 12.0. The molecule has 0 radical (unpaired) electrons. The average molecular weight is 250 g/mol. The third-order valence-corrected chi connectivity index (χ3v) is 3.29. The molecule has 2 heterocycles. The highest BCUT2D eigenvalue weighted by atomic mass is 16.2. The number of carbonyl (C=O) groups excluding carboxylic acids is 2. The van der Waals surface area contributed by atoms with Crippen molar-refractivity contribution < 1.29 is 9.59 Å². The fraction of sp³-hybridized carbons (Fsp3) is 0.583. The van der Waals surface area contributed by atoms with Gasteiger partial charge in [-0.15, -0.1) is 0 Å². The summed E-state index contributed by atoms with van der Waals surface area (Å²) in [6, 6.07) is 1.83. The molecule has 1 aromatic rings. The highest BCUT2D eigenvalue weighted by molar-refractivity contribution is 5.80. The zero-order valence-corrected chi connectivity index (χ0v) is 10.3. The Morgan fingerprint density at radius 3 is 2.94 bits per heavy atom. The maximum Gasteiger partial charge on any atom is 0.224 e. The van der Waals surface area contributed by atoms with Crippen LogP contribution in [0.5, 0.6) is 0 Å². The van der Waals surface area contributed by atoms with Crippen LogP contribution in [-0.2, 0) is 16.1 Å². The quantitative estimate of drug-likeness (QED) is 0.816. The molecule has 2 amide bonds. The van der Waals surface area contributed by atoms with E-state index in [2.05, 4.69) is 5.10 Å². The Labute approximate surface area is 106 Å². The Kier molecular flexibility index (Phi) is 3.96. The van der Waals surface area contributed by atoms with Crippen molar-refractivity contribution in [3.63, 3.8) is 0 Å². The molecule has 0 saturated carbocycles. The number of amides is 2. The SMILES string of the molecule is NC(=O)[C@H]1CCCN(C(=O)CCn2cccn2)C1. The lowest BCUT2D eigenvalue weighted by atomic mass is 9.97. The highest BCUT2D eigenvalue weighted by Crippen LogP contribution is 2.16. The van der Waals surface area contributed by atoms with E-state index in [4.69, 9.17) is 5.73 Å². The van der Waals surface area contributed by atoms with Gasteiger partial charge in [-0.25, -0.2) is 0 Å². The van der Waals surface area contributed by atoms with Gasteiger partial charge in [-0.3, -0.25) is 14.3 Å². The van der Waals surface area contributed by atoms with Gasteiger partial charge in [-0.1, -0.05) is 0 Å². The Balaban J connectivity index is 1.83. The standard InChI is InChI=1S/C12H18N4O2/c13-12(18)10-3-1-6-15(9-10)11(17)4-8-16-7-2-5-14-16/h2,5,7,10H,1,3-4,6,8-9H2,(H2,13,18)/t10-/m0/s1. The lowest BCUT2D eigenvalue weighted by Gasteiger charge is -2.31. The molecule has 2 rings (SSSR count). The van der Waals surface area contributed by atoms with Gasteiger partial charge in [0, 0.05) is 38.4 Å². The van der Waals surface area contributed by atoms with Crippen LogP contribution in [-0.4, -0.2) is 39.6 Å². The van der Waals surface area contributed by atoms with E-state index in [1.54, 1.807) is 15.8 Å². The predicted molar refractivity (Wildman–Crippen MR) is 65.3 cm³/mol. The number of hydrogen-bond donors (Lipinski definition) is 1. The van der Waals surface area contributed by atoms with Gasteiger partial charge in [0.15, 0.2) is 0 Å². The average Bonchev–Trinajstić information content (AvgIpc) is 2.89. The van der Waals surface area contributed by atoms with Crippen LogP contribution in [0.4, 0.5) is 0 Å². The fourth-order valence-electron chi connectivity index (χ4n) is 2.24. The Morgan fingerprint density at radius 2 is 2.28 bits per heavy atom. The van der Waals surface area contributed by atoms with Crippen molar-refractivity contribution in [3.8, 4) is 0 Å². The second-order valence-corrected chi connectivity index (χ2v) is 4.60. The summed E-state index contributed by atoms with van der Waals surface area (Å²) in [4.78, 5) is 24.9. The number of nitrogens with two attached hydrogens (primary N) is 1. The molecule has 2 N–H and O–H groups in total. The highest BCUT2D eigenvalue weighted by Gasteiger charge is 2.26. The van der Waals surface area contributed by atoms with Crippen molar-refractivity contribution in [1.82, 2.24) is 14.7 Å². The van der Waals surface area contributed by atoms with E-state index >= 15 is 0 Å². The first-order valence-electron chi connectivity index (χ1n) is 6.21. The summed E-state index contributed by atoms with van der Waals surface area (Å²) >= 11 is 0. The number of likely N-dealkylation sites (tertiary alicyclic amines) is 1. The summed E-state index contributed by atoms with van der Waals surface area (Å²) in [7, 11) is 0. The number of aromatic nitrogens is 2. The molecular formula is C12H18N4O2. The molecule has 0 spiro atoms. The van der Waals surface area contributed by atoms with E-state index in [1.807, 2.05) is 12.3 Å². The predicted octanol–water partition coefficient (Wildman–Crippen LogP) is -0.00290. The van der Waals surface area contributed by atoms with Gasteiger partial charge in [0.25, 0.3) is 0 Å². The van der Waals surface area contributed by atoms with E-state index in [-0.39, 0.29) is 17.7 Å². The van der Waals surface area contributed by atoms with E-state index < -0.39 is 0 Å². The second-order valence-electron chi connectivity index (χ2n) is 4.60. The largest absolute Gasteiger partial charge is 0.369 e. The monoisotopic (exact) mass is 250 g/mol. The van der Waals surface area contributed by atoms with E-state index in [9.17, 15) is 9.59 Å². The zero-order valence-electron chi connectivity index (χ0n) is 10.3. The molecule has 1 fully saturated rings. The normalized spacial score (nSPS) is 19.8. The Morgan fingerprint density at radius 1 is 1.44 bits per heavy atom. The molecule has 6 heteroatoms. The minimum atomic E-state index is -0.306. The van der Waals surface area contributed by atoms with Gasteiger partial charge in [-0.05, 0) is 18.9 Å². The summed E-state index contributed by atoms with van der Waals surface area (Å²) in [5, 5.41) is 4.05. The Hall–Kier alpha value is -1.85. The van der Waals surface area contributed by atoms with Crippen LogP contribution in [0.1, 0.15) is 19.3 Å². The number of carbonyl (C=O) groups is 2. The van der Waals surface area contributed by atoms with E-state index in [0.717, 1.165) is 19.4 Å². The van der Waals surface area contributed by atoms with E-state index in [0.29, 0.717) is 19.5 Å². The van der Waals surface area contributed by atoms with Gasteiger partial charge in [0.2, 0.25) is 11.8 Å². The number of rotatable bonds is 4. The van der Waals surface area contributed by atoms with Crippen LogP contribution >= 0.6 is 0 Å². The van der Waals surface area contributed by atoms with Gasteiger partial charge in [0.1, 0.15) is 0 Å². The topological polar surface area (TPSA) is 81.2 Å². The van der Waals surface area contributed by atoms with Crippen molar-refractivity contribution in [2.75, 3.05) is 13.1 Å². The molecular weight excluding hydrogens is 232 g/mol. The van der Waals surface area contributed by atoms with Crippen molar-refractivity contribution >= 4 is 11.8 Å². The molecule has 1 saturated heterocycles. The minimum absolute atomic E-state index is 0.0662. The summed E-state index contributed by atoms with van der Waals surface area (Å²) in [6.45, 7) is 1.76. The Bertz CT molecular complexity index is 416. The second kappa shape index (κ2) is 5.66. The maximum absolute atomic E-state index is 12.0. The van der Waals surface area contributed by atoms with Crippen LogP contribution in [0, 0.1) is 5.92 Å². The van der Waals surface area contributed by atoms with Crippen LogP contribution in [0.3, 0.4) is 0 Å². The van der Waals surface area contributed by atoms with Crippen molar-refractivity contribution in [2.45, 2.75) is 25.8 Å². The number of hydrogen-bond acceptors (Lipinski definition) is 3. The molecule has 1 aliphatic heterocycles. The lowest BCUT2D eigenvalue weighted by molar-refractivity contribution is -0.135. The molecule has 1 atom stereocenters. The molecule has 0 bridgehead atoms. The third kappa shape index (κ3) is 3.09. The van der Waals surface area contributed by atoms with Crippen molar-refractivity contribution in [2.24, 2.45) is 11.7 Å². The molecule has 1 aliphatic rings. The fourth-order valence-corrected chi connectivity index (χ4v) is 2.24. The first-order valence-corrected chi connectivity index (χ1v) is 6.21. The van der Waals surface area contributed by atoms with Gasteiger partial charge < -0.3 is 10.6 Å². The molecule has 0 aromatic carbocycles. The van der Waals surface area contributed by atoms with Crippen molar-refractivity contribution in [3.05, 3.63) is 18.5 Å². The summed E-state index contributed by atoms with van der Waals surface area (Å²) in [6.07, 6.45) is 5.57. The van der Waals surface area contributed by atoms with Crippen molar-refractivity contribution in [1.29, 1.82) is 0 Å². The van der Waals surface area contributed by atoms with Crippen LogP contribution in [0.2, 0.25) is 0 Å². The number of aryl methyl sites for hydroxylation is 1. The zero-order chi connectivity index (χ0) is 13.0. The van der Waals surface area contributed by atoms with Gasteiger partial charge in [-0.2, -0.15) is 5.10 Å². The number of piperidine rings is 1.